The first-order valence-electron chi connectivity index (χ1n) is 6.35. The summed E-state index contributed by atoms with van der Waals surface area (Å²) >= 11 is 3.36. The molecule has 2 aromatic rings. The van der Waals surface area contributed by atoms with Crippen LogP contribution in [0.4, 0.5) is 5.69 Å². The molecular weight excluding hydrogens is 318 g/mol. The van der Waals surface area contributed by atoms with Crippen molar-refractivity contribution in [3.8, 4) is 5.75 Å². The van der Waals surface area contributed by atoms with Gasteiger partial charge in [0.2, 0.25) is 0 Å². The van der Waals surface area contributed by atoms with Crippen molar-refractivity contribution in [2.75, 3.05) is 5.32 Å². The number of anilines is 1. The van der Waals surface area contributed by atoms with E-state index >= 15 is 0 Å². The Morgan fingerprint density at radius 3 is 2.45 bits per heavy atom. The molecule has 0 radical (unpaired) electrons. The number of halogens is 1. The Hall–Kier alpha value is -1.81. The lowest BCUT2D eigenvalue weighted by Gasteiger charge is -2.16. The highest BCUT2D eigenvalue weighted by molar-refractivity contribution is 9.10. The third-order valence-electron chi connectivity index (χ3n) is 2.88. The number of carbonyl (C=O) groups excluding carboxylic acids is 1. The lowest BCUT2D eigenvalue weighted by molar-refractivity contribution is -0.122. The monoisotopic (exact) mass is 333 g/mol. The van der Waals surface area contributed by atoms with Crippen molar-refractivity contribution in [3.63, 3.8) is 0 Å². The van der Waals surface area contributed by atoms with Gasteiger partial charge in [-0.2, -0.15) is 0 Å². The molecule has 4 heteroatoms. The van der Waals surface area contributed by atoms with Gasteiger partial charge in [-0.05, 0) is 49.7 Å². The second kappa shape index (κ2) is 6.57. The molecule has 0 saturated heterocycles. The number of ether oxygens (including phenoxy) is 1. The van der Waals surface area contributed by atoms with Crippen molar-refractivity contribution in [1.29, 1.82) is 0 Å². The highest BCUT2D eigenvalue weighted by Gasteiger charge is 2.15. The van der Waals surface area contributed by atoms with Gasteiger partial charge in [0.05, 0.1) is 0 Å². The van der Waals surface area contributed by atoms with Crippen LogP contribution in [0.2, 0.25) is 0 Å². The first kappa shape index (κ1) is 14.6. The van der Waals surface area contributed by atoms with E-state index < -0.39 is 6.10 Å². The van der Waals surface area contributed by atoms with E-state index in [2.05, 4.69) is 21.2 Å². The summed E-state index contributed by atoms with van der Waals surface area (Å²) in [4.78, 5) is 12.1. The average Bonchev–Trinajstić information content (AvgIpc) is 2.44. The van der Waals surface area contributed by atoms with Gasteiger partial charge in [-0.1, -0.05) is 34.1 Å². The molecule has 3 nitrogen and oxygen atoms in total. The third kappa shape index (κ3) is 3.84. The molecular formula is C16H16BrNO2. The van der Waals surface area contributed by atoms with E-state index in [0.717, 1.165) is 21.5 Å². The van der Waals surface area contributed by atoms with Crippen LogP contribution in [0, 0.1) is 6.92 Å². The van der Waals surface area contributed by atoms with Gasteiger partial charge in [0.25, 0.3) is 5.91 Å². The molecule has 0 saturated carbocycles. The fourth-order valence-electron chi connectivity index (χ4n) is 1.71. The van der Waals surface area contributed by atoms with Crippen molar-refractivity contribution in [3.05, 3.63) is 58.6 Å². The largest absolute Gasteiger partial charge is 0.481 e. The summed E-state index contributed by atoms with van der Waals surface area (Å²) in [5, 5.41) is 2.82. The Bertz CT molecular complexity index is 596. The molecule has 0 aliphatic heterocycles. The first-order valence-corrected chi connectivity index (χ1v) is 7.14. The maximum absolute atomic E-state index is 12.1. The molecule has 2 aromatic carbocycles. The summed E-state index contributed by atoms with van der Waals surface area (Å²) in [7, 11) is 0. The Morgan fingerprint density at radius 2 is 1.80 bits per heavy atom. The molecule has 0 fully saturated rings. The normalized spacial score (nSPS) is 11.8. The van der Waals surface area contributed by atoms with E-state index in [9.17, 15) is 4.79 Å². The summed E-state index contributed by atoms with van der Waals surface area (Å²) in [5.41, 5.74) is 1.76. The van der Waals surface area contributed by atoms with Gasteiger partial charge in [-0.25, -0.2) is 0 Å². The molecule has 0 heterocycles. The molecule has 0 aromatic heterocycles. The van der Waals surface area contributed by atoms with Crippen LogP contribution < -0.4 is 10.1 Å². The Kier molecular flexibility index (Phi) is 4.79. The van der Waals surface area contributed by atoms with Crippen molar-refractivity contribution < 1.29 is 9.53 Å². The highest BCUT2D eigenvalue weighted by Crippen LogP contribution is 2.19. The smallest absolute Gasteiger partial charge is 0.265 e. The van der Waals surface area contributed by atoms with Crippen LogP contribution in [-0.4, -0.2) is 12.0 Å². The van der Waals surface area contributed by atoms with Gasteiger partial charge in [0.15, 0.2) is 6.10 Å². The van der Waals surface area contributed by atoms with Crippen LogP contribution in [0.25, 0.3) is 0 Å². The topological polar surface area (TPSA) is 38.3 Å². The summed E-state index contributed by atoms with van der Waals surface area (Å²) < 4.78 is 6.65. The third-order valence-corrected chi connectivity index (χ3v) is 3.41. The van der Waals surface area contributed by atoms with Gasteiger partial charge in [0, 0.05) is 10.2 Å². The molecule has 0 aliphatic rings. The van der Waals surface area contributed by atoms with Crippen LogP contribution >= 0.6 is 15.9 Å². The van der Waals surface area contributed by atoms with Gasteiger partial charge in [0.1, 0.15) is 5.75 Å². The fourth-order valence-corrected chi connectivity index (χ4v) is 1.97. The zero-order valence-electron chi connectivity index (χ0n) is 11.4. The van der Waals surface area contributed by atoms with E-state index in [1.54, 1.807) is 6.92 Å². The number of benzene rings is 2. The number of carbonyl (C=O) groups is 1. The minimum absolute atomic E-state index is 0.171. The Labute approximate surface area is 127 Å². The van der Waals surface area contributed by atoms with Crippen LogP contribution in [0.1, 0.15) is 12.5 Å². The predicted octanol–water partition coefficient (Wildman–Crippen LogP) is 4.16. The molecule has 1 unspecified atom stereocenters. The molecule has 1 amide bonds. The predicted molar refractivity (Wildman–Crippen MR) is 84.0 cm³/mol. The van der Waals surface area contributed by atoms with Crippen molar-refractivity contribution in [2.24, 2.45) is 0 Å². The van der Waals surface area contributed by atoms with Crippen LogP contribution in [0.5, 0.6) is 5.75 Å². The number of hydrogen-bond acceptors (Lipinski definition) is 2. The lowest BCUT2D eigenvalue weighted by atomic mass is 10.2. The number of nitrogens with one attached hydrogen (secondary N) is 1. The van der Waals surface area contributed by atoms with Crippen LogP contribution in [0.15, 0.2) is 53.0 Å². The lowest BCUT2D eigenvalue weighted by Crippen LogP contribution is -2.30. The number of hydrogen-bond donors (Lipinski definition) is 1. The number of aryl methyl sites for hydroxylation is 1. The zero-order chi connectivity index (χ0) is 14.5. The van der Waals surface area contributed by atoms with Crippen LogP contribution in [0.3, 0.4) is 0 Å². The second-order valence-corrected chi connectivity index (χ2v) is 5.44. The SMILES string of the molecule is Cc1ccccc1OC(C)C(=O)Nc1ccc(Br)cc1. The molecule has 1 N–H and O–H groups in total. The zero-order valence-corrected chi connectivity index (χ0v) is 13.0. The molecule has 2 rings (SSSR count). The van der Waals surface area contributed by atoms with E-state index in [-0.39, 0.29) is 5.91 Å². The fraction of sp³-hybridized carbons (Fsp3) is 0.188. The minimum Gasteiger partial charge on any atom is -0.481 e. The molecule has 0 bridgehead atoms. The summed E-state index contributed by atoms with van der Waals surface area (Å²) in [6.07, 6.45) is -0.556. The standard InChI is InChI=1S/C16H16BrNO2/c1-11-5-3-4-6-15(11)20-12(2)16(19)18-14-9-7-13(17)8-10-14/h3-10,12H,1-2H3,(H,18,19). The van der Waals surface area contributed by atoms with Crippen molar-refractivity contribution in [2.45, 2.75) is 20.0 Å². The number of rotatable bonds is 4. The maximum Gasteiger partial charge on any atom is 0.265 e. The number of para-hydroxylation sites is 1. The first-order chi connectivity index (χ1) is 9.56. The molecule has 0 spiro atoms. The van der Waals surface area contributed by atoms with Crippen LogP contribution in [-0.2, 0) is 4.79 Å². The maximum atomic E-state index is 12.1. The van der Waals surface area contributed by atoms with Gasteiger partial charge >= 0.3 is 0 Å². The Balaban J connectivity index is 1.99. The molecule has 20 heavy (non-hydrogen) atoms. The molecule has 0 aliphatic carbocycles. The molecule has 1 atom stereocenters. The minimum atomic E-state index is -0.556. The quantitative estimate of drug-likeness (QED) is 0.912. The highest BCUT2D eigenvalue weighted by atomic mass is 79.9. The summed E-state index contributed by atoms with van der Waals surface area (Å²) in [5.74, 6) is 0.557. The summed E-state index contributed by atoms with van der Waals surface area (Å²) in [6, 6.07) is 15.1. The average molecular weight is 334 g/mol. The van der Waals surface area contributed by atoms with Crippen molar-refractivity contribution >= 4 is 27.5 Å². The van der Waals surface area contributed by atoms with Crippen molar-refractivity contribution in [1.82, 2.24) is 0 Å². The van der Waals surface area contributed by atoms with E-state index in [1.807, 2.05) is 55.5 Å². The van der Waals surface area contributed by atoms with Gasteiger partial charge < -0.3 is 10.1 Å². The van der Waals surface area contributed by atoms with E-state index in [1.165, 1.54) is 0 Å². The Morgan fingerprint density at radius 1 is 1.15 bits per heavy atom. The summed E-state index contributed by atoms with van der Waals surface area (Å²) in [6.45, 7) is 3.69. The van der Waals surface area contributed by atoms with Gasteiger partial charge in [-0.3, -0.25) is 4.79 Å². The second-order valence-electron chi connectivity index (χ2n) is 4.52. The van der Waals surface area contributed by atoms with E-state index in [4.69, 9.17) is 4.74 Å². The number of amides is 1. The van der Waals surface area contributed by atoms with Gasteiger partial charge in [-0.15, -0.1) is 0 Å². The molecule has 104 valence electrons. The van der Waals surface area contributed by atoms with E-state index in [0.29, 0.717) is 0 Å².